The molecule has 0 saturated heterocycles. The first kappa shape index (κ1) is 19.7. The van der Waals surface area contributed by atoms with Crippen molar-refractivity contribution in [3.63, 3.8) is 0 Å². The van der Waals surface area contributed by atoms with Gasteiger partial charge in [-0.2, -0.15) is 0 Å². The summed E-state index contributed by atoms with van der Waals surface area (Å²) in [6.45, 7) is 1.70. The molecule has 8 heteroatoms. The summed E-state index contributed by atoms with van der Waals surface area (Å²) >= 11 is 5.35. The molecule has 5 nitrogen and oxygen atoms in total. The lowest BCUT2D eigenvalue weighted by Gasteiger charge is -2.21. The molecule has 2 aromatic carbocycles. The van der Waals surface area contributed by atoms with Crippen LogP contribution in [0.25, 0.3) is 10.9 Å². The van der Waals surface area contributed by atoms with Crippen molar-refractivity contribution < 1.29 is 22.7 Å². The quantitative estimate of drug-likeness (QED) is 0.437. The third-order valence-corrected chi connectivity index (χ3v) is 5.90. The zero-order valence-corrected chi connectivity index (χ0v) is 16.6. The summed E-state index contributed by atoms with van der Waals surface area (Å²) in [5.74, 6) is 1.23. The molecule has 0 aliphatic carbocycles. The molecule has 0 bridgehead atoms. The number of hydrogen-bond acceptors (Lipinski definition) is 6. The van der Waals surface area contributed by atoms with Crippen LogP contribution in [0.3, 0.4) is 0 Å². The Hall–Kier alpha value is -2.05. The first-order valence-electron chi connectivity index (χ1n) is 8.44. The number of fused-ring (bicyclic) bond motifs is 1. The summed E-state index contributed by atoms with van der Waals surface area (Å²) in [5, 5.41) is 0.712. The summed E-state index contributed by atoms with van der Waals surface area (Å²) in [7, 11) is 0. The summed E-state index contributed by atoms with van der Waals surface area (Å²) in [4.78, 5) is 4.37. The Morgan fingerprint density at radius 1 is 0.926 bits per heavy atom. The zero-order valence-electron chi connectivity index (χ0n) is 14.9. The van der Waals surface area contributed by atoms with Gasteiger partial charge in [0.05, 0.1) is 18.7 Å². The van der Waals surface area contributed by atoms with Gasteiger partial charge in [-0.15, -0.1) is 0 Å². The van der Waals surface area contributed by atoms with Gasteiger partial charge in [-0.3, -0.25) is 9.05 Å². The van der Waals surface area contributed by atoms with Crippen molar-refractivity contribution in [2.45, 2.75) is 13.8 Å². The third kappa shape index (κ3) is 5.23. The fourth-order valence-electron chi connectivity index (χ4n) is 2.36. The lowest BCUT2D eigenvalue weighted by molar-refractivity contribution is 0.218. The van der Waals surface area contributed by atoms with Crippen LogP contribution >= 0.6 is 6.72 Å². The maximum atomic E-state index is 13.2. The number of halogens is 1. The zero-order chi connectivity index (χ0) is 19.3. The Morgan fingerprint density at radius 2 is 1.59 bits per heavy atom. The lowest BCUT2D eigenvalue weighted by Crippen LogP contribution is -2.02. The van der Waals surface area contributed by atoms with Gasteiger partial charge in [0.2, 0.25) is 5.88 Å². The maximum Gasteiger partial charge on any atom is 0.380 e. The van der Waals surface area contributed by atoms with E-state index in [9.17, 15) is 4.39 Å². The normalized spacial score (nSPS) is 11.5. The number of aromatic nitrogens is 1. The fraction of sp³-hybridized carbons (Fsp3) is 0.211. The van der Waals surface area contributed by atoms with Crippen LogP contribution < -0.4 is 9.26 Å². The topological polar surface area (TPSA) is 49.8 Å². The van der Waals surface area contributed by atoms with E-state index in [1.54, 1.807) is 42.5 Å². The van der Waals surface area contributed by atoms with Crippen molar-refractivity contribution >= 4 is 29.4 Å². The average Bonchev–Trinajstić information content (AvgIpc) is 2.64. The van der Waals surface area contributed by atoms with Crippen LogP contribution in [0.5, 0.6) is 17.4 Å². The highest BCUT2D eigenvalue weighted by Gasteiger charge is 2.21. The van der Waals surface area contributed by atoms with Gasteiger partial charge in [-0.1, -0.05) is 0 Å². The smallest absolute Gasteiger partial charge is 0.380 e. The maximum absolute atomic E-state index is 13.2. The van der Waals surface area contributed by atoms with Crippen molar-refractivity contribution in [2.75, 3.05) is 13.2 Å². The third-order valence-electron chi connectivity index (χ3n) is 3.46. The van der Waals surface area contributed by atoms with E-state index in [-0.39, 0.29) is 5.82 Å². The first-order chi connectivity index (χ1) is 13.0. The SMILES string of the molecule is CCOP(=S)(OCC)Oc1ccc(Oc2ccc3cc(F)ccc3n2)cc1. The molecule has 1 heterocycles. The summed E-state index contributed by atoms with van der Waals surface area (Å²) in [6, 6.07) is 14.8. The molecule has 0 amide bonds. The Bertz CT molecular complexity index is 958. The van der Waals surface area contributed by atoms with E-state index < -0.39 is 6.72 Å². The van der Waals surface area contributed by atoms with Gasteiger partial charge in [-0.05, 0) is 62.4 Å². The second kappa shape index (κ2) is 8.76. The van der Waals surface area contributed by atoms with Gasteiger partial charge in [0, 0.05) is 23.3 Å². The Labute approximate surface area is 162 Å². The van der Waals surface area contributed by atoms with E-state index in [2.05, 4.69) is 4.98 Å². The molecule has 0 spiro atoms. The number of ether oxygens (including phenoxy) is 1. The minimum atomic E-state index is -2.80. The average molecular weight is 407 g/mol. The molecule has 1 aromatic heterocycles. The summed E-state index contributed by atoms with van der Waals surface area (Å²) < 4.78 is 35.7. The summed E-state index contributed by atoms with van der Waals surface area (Å²) in [6.07, 6.45) is 0. The molecule has 3 aromatic rings. The van der Waals surface area contributed by atoms with Crippen molar-refractivity contribution in [1.29, 1.82) is 0 Å². The van der Waals surface area contributed by atoms with Crippen LogP contribution in [0, 0.1) is 5.82 Å². The monoisotopic (exact) mass is 407 g/mol. The predicted octanol–water partition coefficient (Wildman–Crippen LogP) is 5.84. The highest BCUT2D eigenvalue weighted by Crippen LogP contribution is 2.49. The minimum absolute atomic E-state index is 0.298. The van der Waals surface area contributed by atoms with Gasteiger partial charge in [0.15, 0.2) is 0 Å². The number of rotatable bonds is 8. The van der Waals surface area contributed by atoms with Crippen molar-refractivity contribution in [2.24, 2.45) is 0 Å². The molecule has 0 unspecified atom stereocenters. The molecule has 0 aliphatic rings. The molecule has 0 fully saturated rings. The van der Waals surface area contributed by atoms with Gasteiger partial charge in [0.25, 0.3) is 0 Å². The van der Waals surface area contributed by atoms with Gasteiger partial charge >= 0.3 is 6.72 Å². The molecule has 3 rings (SSSR count). The summed E-state index contributed by atoms with van der Waals surface area (Å²) in [5.41, 5.74) is 0.656. The largest absolute Gasteiger partial charge is 0.439 e. The van der Waals surface area contributed by atoms with E-state index in [1.807, 2.05) is 13.8 Å². The van der Waals surface area contributed by atoms with Crippen molar-refractivity contribution in [1.82, 2.24) is 4.98 Å². The molecule has 0 atom stereocenters. The highest BCUT2D eigenvalue weighted by atomic mass is 32.5. The van der Waals surface area contributed by atoms with Crippen molar-refractivity contribution in [3.05, 3.63) is 60.4 Å². The Morgan fingerprint density at radius 3 is 2.26 bits per heavy atom. The van der Waals surface area contributed by atoms with Gasteiger partial charge in [-0.25, -0.2) is 9.37 Å². The van der Waals surface area contributed by atoms with E-state index in [0.717, 1.165) is 0 Å². The number of hydrogen-bond donors (Lipinski definition) is 0. The molecule has 0 aliphatic heterocycles. The van der Waals surface area contributed by atoms with E-state index >= 15 is 0 Å². The number of nitrogens with zero attached hydrogens (tertiary/aromatic N) is 1. The second-order valence-corrected chi connectivity index (χ2v) is 8.37. The molecular formula is C19H19FNO4PS. The molecule has 0 N–H and O–H groups in total. The lowest BCUT2D eigenvalue weighted by atomic mass is 10.2. The Balaban J connectivity index is 1.72. The van der Waals surface area contributed by atoms with Crippen LogP contribution in [-0.4, -0.2) is 18.2 Å². The van der Waals surface area contributed by atoms with Crippen LogP contribution in [0.4, 0.5) is 4.39 Å². The van der Waals surface area contributed by atoms with Crippen LogP contribution in [0.15, 0.2) is 54.6 Å². The van der Waals surface area contributed by atoms with Crippen LogP contribution in [-0.2, 0) is 20.9 Å². The van der Waals surface area contributed by atoms with E-state index in [4.69, 9.17) is 30.1 Å². The first-order valence-corrected chi connectivity index (χ1v) is 11.0. The van der Waals surface area contributed by atoms with Crippen molar-refractivity contribution in [3.8, 4) is 17.4 Å². The molecule has 0 saturated carbocycles. The molecule has 0 radical (unpaired) electrons. The predicted molar refractivity (Wildman–Crippen MR) is 106 cm³/mol. The van der Waals surface area contributed by atoms with E-state index in [0.29, 0.717) is 41.5 Å². The minimum Gasteiger partial charge on any atom is -0.439 e. The Kier molecular flexibility index (Phi) is 6.39. The van der Waals surface area contributed by atoms with Gasteiger partial charge < -0.3 is 9.26 Å². The molecule has 142 valence electrons. The molecular weight excluding hydrogens is 388 g/mol. The fourth-order valence-corrected chi connectivity index (χ4v) is 4.44. The second-order valence-electron chi connectivity index (χ2n) is 5.43. The van der Waals surface area contributed by atoms with Gasteiger partial charge in [0.1, 0.15) is 17.3 Å². The number of benzene rings is 2. The molecule has 27 heavy (non-hydrogen) atoms. The highest BCUT2D eigenvalue weighted by molar-refractivity contribution is 8.07. The van der Waals surface area contributed by atoms with E-state index in [1.165, 1.54) is 12.1 Å². The van der Waals surface area contributed by atoms with Crippen LogP contribution in [0.2, 0.25) is 0 Å². The standard InChI is InChI=1S/C19H19FNO4PS/c1-3-22-26(27,23-4-2)25-17-9-7-16(8-10-17)24-19-12-5-14-13-15(20)6-11-18(14)21-19/h5-13H,3-4H2,1-2H3. The number of pyridine rings is 1. The van der Waals surface area contributed by atoms with Crippen LogP contribution in [0.1, 0.15) is 13.8 Å².